The van der Waals surface area contributed by atoms with Crippen molar-refractivity contribution < 1.29 is 9.53 Å². The summed E-state index contributed by atoms with van der Waals surface area (Å²) in [6.45, 7) is 0. The van der Waals surface area contributed by atoms with Gasteiger partial charge in [0.2, 0.25) is 5.91 Å². The van der Waals surface area contributed by atoms with Crippen LogP contribution in [0.5, 0.6) is 5.75 Å². The lowest BCUT2D eigenvalue weighted by molar-refractivity contribution is -0.120. The van der Waals surface area contributed by atoms with Gasteiger partial charge in [-0.05, 0) is 17.7 Å². The summed E-state index contributed by atoms with van der Waals surface area (Å²) in [5, 5.41) is 3.04. The fourth-order valence-corrected chi connectivity index (χ4v) is 2.15. The first kappa shape index (κ1) is 12.3. The summed E-state index contributed by atoms with van der Waals surface area (Å²) in [6.07, 6.45) is 0. The van der Waals surface area contributed by atoms with Crippen LogP contribution in [0.1, 0.15) is 10.4 Å². The molecule has 0 heterocycles. The van der Waals surface area contributed by atoms with E-state index in [0.717, 1.165) is 5.56 Å². The van der Waals surface area contributed by atoms with Gasteiger partial charge in [-0.3, -0.25) is 4.79 Å². The van der Waals surface area contributed by atoms with Gasteiger partial charge in [0.05, 0.1) is 7.11 Å². The lowest BCUT2D eigenvalue weighted by atomic mass is 10.1. The van der Waals surface area contributed by atoms with E-state index in [1.807, 2.05) is 0 Å². The number of hydrogen-bond donors (Lipinski definition) is 1. The van der Waals surface area contributed by atoms with Gasteiger partial charge in [-0.1, -0.05) is 33.6 Å². The van der Waals surface area contributed by atoms with Gasteiger partial charge in [-0.15, -0.1) is 0 Å². The molecule has 0 saturated carbocycles. The molecule has 1 atom stereocenters. The number of methoxy groups -OCH3 is 1. The lowest BCUT2D eigenvalue weighted by Crippen LogP contribution is -2.22. The number of amides is 1. The summed E-state index contributed by atoms with van der Waals surface area (Å²) < 4.78 is 5.02. The van der Waals surface area contributed by atoms with E-state index in [0.29, 0.717) is 10.8 Å². The van der Waals surface area contributed by atoms with Crippen LogP contribution >= 0.6 is 27.5 Å². The molecule has 3 nitrogen and oxygen atoms in total. The normalized spacial score (nSPS) is 12.0. The van der Waals surface area contributed by atoms with Crippen molar-refractivity contribution >= 4 is 33.4 Å². The predicted molar refractivity (Wildman–Crippen MR) is 63.7 cm³/mol. The van der Waals surface area contributed by atoms with Crippen LogP contribution in [0.25, 0.3) is 0 Å². The lowest BCUT2D eigenvalue weighted by Gasteiger charge is -2.11. The van der Waals surface area contributed by atoms with Crippen molar-refractivity contribution in [3.63, 3.8) is 0 Å². The van der Waals surface area contributed by atoms with Crippen LogP contribution in [0, 0.1) is 0 Å². The van der Waals surface area contributed by atoms with Crippen molar-refractivity contribution in [3.05, 3.63) is 28.8 Å². The number of halogens is 2. The molecule has 0 aromatic heterocycles. The van der Waals surface area contributed by atoms with Crippen molar-refractivity contribution in [2.75, 3.05) is 14.2 Å². The molecule has 82 valence electrons. The number of benzene rings is 1. The smallest absolute Gasteiger partial charge is 0.238 e. The predicted octanol–water partition coefficient (Wildman–Crippen LogP) is 2.53. The molecule has 0 aliphatic carbocycles. The van der Waals surface area contributed by atoms with Gasteiger partial charge in [0, 0.05) is 12.1 Å². The SMILES string of the molecule is CNC(=O)[C@H](Br)c1ccc(OC)cc1Cl. The van der Waals surface area contributed by atoms with Crippen molar-refractivity contribution in [2.45, 2.75) is 4.83 Å². The molecule has 0 radical (unpaired) electrons. The highest BCUT2D eigenvalue weighted by molar-refractivity contribution is 9.09. The molecular formula is C10H11BrClNO2. The molecule has 0 bridgehead atoms. The Labute approximate surface area is 102 Å². The van der Waals surface area contributed by atoms with Crippen LogP contribution in [-0.2, 0) is 4.79 Å². The average Bonchev–Trinajstić information content (AvgIpc) is 2.26. The number of hydrogen-bond acceptors (Lipinski definition) is 2. The highest BCUT2D eigenvalue weighted by Crippen LogP contribution is 2.32. The van der Waals surface area contributed by atoms with Gasteiger partial charge in [-0.2, -0.15) is 0 Å². The minimum absolute atomic E-state index is 0.137. The zero-order valence-electron chi connectivity index (χ0n) is 8.38. The third kappa shape index (κ3) is 2.86. The maximum Gasteiger partial charge on any atom is 0.238 e. The van der Waals surface area contributed by atoms with Gasteiger partial charge >= 0.3 is 0 Å². The zero-order chi connectivity index (χ0) is 11.4. The van der Waals surface area contributed by atoms with E-state index in [-0.39, 0.29) is 5.91 Å². The molecule has 1 aromatic rings. The number of carbonyl (C=O) groups excluding carboxylic acids is 1. The zero-order valence-corrected chi connectivity index (χ0v) is 10.7. The average molecular weight is 293 g/mol. The standard InChI is InChI=1S/C10H11BrClNO2/c1-13-10(14)9(11)7-4-3-6(15-2)5-8(7)12/h3-5,9H,1-2H3,(H,13,14)/t9-/m1/s1. The number of alkyl halides is 1. The van der Waals surface area contributed by atoms with Crippen LogP contribution < -0.4 is 10.1 Å². The van der Waals surface area contributed by atoms with E-state index >= 15 is 0 Å². The largest absolute Gasteiger partial charge is 0.497 e. The molecule has 0 fully saturated rings. The number of nitrogens with one attached hydrogen (secondary N) is 1. The molecule has 0 aliphatic heterocycles. The molecule has 0 unspecified atom stereocenters. The summed E-state index contributed by atoms with van der Waals surface area (Å²) in [5.41, 5.74) is 0.719. The maximum absolute atomic E-state index is 11.4. The molecule has 1 rings (SSSR count). The fraction of sp³-hybridized carbons (Fsp3) is 0.300. The van der Waals surface area contributed by atoms with E-state index in [2.05, 4.69) is 21.2 Å². The Morgan fingerprint density at radius 1 is 1.60 bits per heavy atom. The van der Waals surface area contributed by atoms with E-state index in [4.69, 9.17) is 16.3 Å². The van der Waals surface area contributed by atoms with Gasteiger partial charge in [0.15, 0.2) is 0 Å². The molecule has 1 N–H and O–H groups in total. The second kappa shape index (κ2) is 5.37. The Kier molecular flexibility index (Phi) is 4.42. The molecule has 0 spiro atoms. The summed E-state index contributed by atoms with van der Waals surface area (Å²) >= 11 is 9.29. The Hall–Kier alpha value is -0.740. The van der Waals surface area contributed by atoms with Crippen LogP contribution in [-0.4, -0.2) is 20.1 Å². The van der Waals surface area contributed by atoms with Crippen LogP contribution in [0.2, 0.25) is 5.02 Å². The minimum atomic E-state index is -0.444. The number of ether oxygens (including phenoxy) is 1. The second-order valence-electron chi connectivity index (χ2n) is 2.86. The van der Waals surface area contributed by atoms with Crippen LogP contribution in [0.3, 0.4) is 0 Å². The van der Waals surface area contributed by atoms with Crippen molar-refractivity contribution in [1.29, 1.82) is 0 Å². The molecule has 5 heteroatoms. The third-order valence-electron chi connectivity index (χ3n) is 1.96. The Morgan fingerprint density at radius 3 is 2.73 bits per heavy atom. The van der Waals surface area contributed by atoms with E-state index in [9.17, 15) is 4.79 Å². The summed E-state index contributed by atoms with van der Waals surface area (Å²) in [6, 6.07) is 5.20. The van der Waals surface area contributed by atoms with Crippen molar-refractivity contribution in [1.82, 2.24) is 5.32 Å². The third-order valence-corrected chi connectivity index (χ3v) is 3.19. The topological polar surface area (TPSA) is 38.3 Å². The van der Waals surface area contributed by atoms with Gasteiger partial charge < -0.3 is 10.1 Å². The van der Waals surface area contributed by atoms with Crippen LogP contribution in [0.4, 0.5) is 0 Å². The monoisotopic (exact) mass is 291 g/mol. The van der Waals surface area contributed by atoms with E-state index < -0.39 is 4.83 Å². The molecular weight excluding hydrogens is 281 g/mol. The molecule has 1 aromatic carbocycles. The van der Waals surface area contributed by atoms with Gasteiger partial charge in [0.25, 0.3) is 0 Å². The van der Waals surface area contributed by atoms with Gasteiger partial charge in [-0.25, -0.2) is 0 Å². The highest BCUT2D eigenvalue weighted by atomic mass is 79.9. The van der Waals surface area contributed by atoms with Crippen molar-refractivity contribution in [2.24, 2.45) is 0 Å². The first-order valence-corrected chi connectivity index (χ1v) is 5.58. The highest BCUT2D eigenvalue weighted by Gasteiger charge is 2.18. The summed E-state index contributed by atoms with van der Waals surface area (Å²) in [7, 11) is 3.14. The number of likely N-dealkylation sites (N-methyl/N-ethyl adjacent to an activating group) is 1. The van der Waals surface area contributed by atoms with E-state index in [1.165, 1.54) is 0 Å². The number of rotatable bonds is 3. The minimum Gasteiger partial charge on any atom is -0.497 e. The second-order valence-corrected chi connectivity index (χ2v) is 4.19. The first-order valence-electron chi connectivity index (χ1n) is 4.29. The molecule has 15 heavy (non-hydrogen) atoms. The number of carbonyl (C=O) groups is 1. The first-order chi connectivity index (χ1) is 7.10. The van der Waals surface area contributed by atoms with Crippen LogP contribution in [0.15, 0.2) is 18.2 Å². The Bertz CT molecular complexity index is 370. The molecule has 0 saturated heterocycles. The fourth-order valence-electron chi connectivity index (χ4n) is 1.11. The molecule has 0 aliphatic rings. The summed E-state index contributed by atoms with van der Waals surface area (Å²) in [5.74, 6) is 0.530. The van der Waals surface area contributed by atoms with Crippen molar-refractivity contribution in [3.8, 4) is 5.75 Å². The quantitative estimate of drug-likeness (QED) is 0.870. The molecule has 1 amide bonds. The Morgan fingerprint density at radius 2 is 2.27 bits per heavy atom. The van der Waals surface area contributed by atoms with E-state index in [1.54, 1.807) is 32.4 Å². The van der Waals surface area contributed by atoms with Gasteiger partial charge in [0.1, 0.15) is 10.6 Å². The summed E-state index contributed by atoms with van der Waals surface area (Å²) in [4.78, 5) is 10.9. The maximum atomic E-state index is 11.4. The Balaban J connectivity index is 3.00.